The SMILES string of the molecule is Cc1ccc(F)cc1CC(O)CCc1ccco1. The minimum Gasteiger partial charge on any atom is -0.469 e. The lowest BCUT2D eigenvalue weighted by molar-refractivity contribution is 0.162. The predicted octanol–water partition coefficient (Wildman–Crippen LogP) is 3.26. The lowest BCUT2D eigenvalue weighted by Gasteiger charge is -2.12. The Morgan fingerprint density at radius 1 is 1.33 bits per heavy atom. The Kier molecular flexibility index (Phi) is 4.15. The molecule has 0 fully saturated rings. The van der Waals surface area contributed by atoms with E-state index in [9.17, 15) is 9.50 Å². The summed E-state index contributed by atoms with van der Waals surface area (Å²) < 4.78 is 18.3. The van der Waals surface area contributed by atoms with Gasteiger partial charge in [0, 0.05) is 6.42 Å². The maximum Gasteiger partial charge on any atom is 0.123 e. The summed E-state index contributed by atoms with van der Waals surface area (Å²) in [7, 11) is 0. The molecule has 96 valence electrons. The van der Waals surface area contributed by atoms with E-state index in [1.807, 2.05) is 19.1 Å². The molecule has 0 radical (unpaired) electrons. The van der Waals surface area contributed by atoms with E-state index in [-0.39, 0.29) is 5.82 Å². The van der Waals surface area contributed by atoms with Crippen LogP contribution in [0, 0.1) is 12.7 Å². The topological polar surface area (TPSA) is 33.4 Å². The third-order valence-electron chi connectivity index (χ3n) is 3.07. The van der Waals surface area contributed by atoms with Crippen LogP contribution in [0.3, 0.4) is 0 Å². The second-order valence-electron chi connectivity index (χ2n) is 4.55. The van der Waals surface area contributed by atoms with Gasteiger partial charge in [0.15, 0.2) is 0 Å². The molecule has 18 heavy (non-hydrogen) atoms. The lowest BCUT2D eigenvalue weighted by Crippen LogP contribution is -2.12. The van der Waals surface area contributed by atoms with E-state index in [4.69, 9.17) is 4.42 Å². The van der Waals surface area contributed by atoms with E-state index < -0.39 is 6.10 Å². The summed E-state index contributed by atoms with van der Waals surface area (Å²) >= 11 is 0. The zero-order valence-corrected chi connectivity index (χ0v) is 10.4. The van der Waals surface area contributed by atoms with E-state index in [1.54, 1.807) is 12.3 Å². The molecule has 0 aliphatic carbocycles. The monoisotopic (exact) mass is 248 g/mol. The Morgan fingerprint density at radius 2 is 2.17 bits per heavy atom. The van der Waals surface area contributed by atoms with Crippen molar-refractivity contribution in [1.82, 2.24) is 0 Å². The van der Waals surface area contributed by atoms with Gasteiger partial charge in [-0.05, 0) is 55.2 Å². The molecule has 0 saturated heterocycles. The van der Waals surface area contributed by atoms with Crippen molar-refractivity contribution in [2.75, 3.05) is 0 Å². The normalized spacial score (nSPS) is 12.6. The molecule has 0 amide bonds. The first-order valence-electron chi connectivity index (χ1n) is 6.10. The molecule has 0 aliphatic rings. The molecule has 1 unspecified atom stereocenters. The Hall–Kier alpha value is -1.61. The Labute approximate surface area is 106 Å². The summed E-state index contributed by atoms with van der Waals surface area (Å²) in [6.45, 7) is 1.92. The number of aliphatic hydroxyl groups excluding tert-OH is 1. The van der Waals surface area contributed by atoms with Crippen molar-refractivity contribution in [2.45, 2.75) is 32.3 Å². The van der Waals surface area contributed by atoms with Gasteiger partial charge in [0.25, 0.3) is 0 Å². The fraction of sp³-hybridized carbons (Fsp3) is 0.333. The Bertz CT molecular complexity index is 491. The molecular weight excluding hydrogens is 231 g/mol. The van der Waals surface area contributed by atoms with E-state index >= 15 is 0 Å². The molecule has 0 bridgehead atoms. The molecule has 0 aliphatic heterocycles. The fourth-order valence-electron chi connectivity index (χ4n) is 1.98. The largest absolute Gasteiger partial charge is 0.469 e. The molecule has 2 nitrogen and oxygen atoms in total. The molecule has 3 heteroatoms. The van der Waals surface area contributed by atoms with Crippen LogP contribution in [0.25, 0.3) is 0 Å². The molecule has 1 N–H and O–H groups in total. The van der Waals surface area contributed by atoms with Crippen LogP contribution >= 0.6 is 0 Å². The van der Waals surface area contributed by atoms with Gasteiger partial charge in [0.05, 0.1) is 12.4 Å². The van der Waals surface area contributed by atoms with Gasteiger partial charge in [-0.25, -0.2) is 4.39 Å². The van der Waals surface area contributed by atoms with Crippen molar-refractivity contribution < 1.29 is 13.9 Å². The Balaban J connectivity index is 1.90. The average molecular weight is 248 g/mol. The number of hydrogen-bond acceptors (Lipinski definition) is 2. The highest BCUT2D eigenvalue weighted by atomic mass is 19.1. The van der Waals surface area contributed by atoms with Gasteiger partial charge in [0.2, 0.25) is 0 Å². The van der Waals surface area contributed by atoms with E-state index in [0.29, 0.717) is 19.3 Å². The smallest absolute Gasteiger partial charge is 0.123 e. The van der Waals surface area contributed by atoms with Crippen LogP contribution in [-0.4, -0.2) is 11.2 Å². The third-order valence-corrected chi connectivity index (χ3v) is 3.07. The number of aryl methyl sites for hydroxylation is 2. The van der Waals surface area contributed by atoms with Crippen molar-refractivity contribution in [3.8, 4) is 0 Å². The van der Waals surface area contributed by atoms with Crippen molar-refractivity contribution in [1.29, 1.82) is 0 Å². The van der Waals surface area contributed by atoms with E-state index in [0.717, 1.165) is 16.9 Å². The number of halogens is 1. The summed E-state index contributed by atoms with van der Waals surface area (Å²) in [5, 5.41) is 9.95. The summed E-state index contributed by atoms with van der Waals surface area (Å²) in [5.74, 6) is 0.610. The predicted molar refractivity (Wildman–Crippen MR) is 67.9 cm³/mol. The minimum atomic E-state index is -0.476. The average Bonchev–Trinajstić information content (AvgIpc) is 2.84. The summed E-state index contributed by atoms with van der Waals surface area (Å²) in [6, 6.07) is 8.39. The molecule has 2 rings (SSSR count). The van der Waals surface area contributed by atoms with Crippen LogP contribution in [0.1, 0.15) is 23.3 Å². The van der Waals surface area contributed by atoms with Gasteiger partial charge < -0.3 is 9.52 Å². The van der Waals surface area contributed by atoms with Crippen LogP contribution in [0.5, 0.6) is 0 Å². The van der Waals surface area contributed by atoms with Crippen LogP contribution in [0.2, 0.25) is 0 Å². The first kappa shape index (κ1) is 12.8. The Morgan fingerprint density at radius 3 is 2.89 bits per heavy atom. The van der Waals surface area contributed by atoms with Crippen LogP contribution in [0.15, 0.2) is 41.0 Å². The van der Waals surface area contributed by atoms with Gasteiger partial charge in [-0.2, -0.15) is 0 Å². The third kappa shape index (κ3) is 3.44. The molecule has 2 aromatic rings. The van der Waals surface area contributed by atoms with Gasteiger partial charge in [0.1, 0.15) is 11.6 Å². The summed E-state index contributed by atoms with van der Waals surface area (Å²) in [4.78, 5) is 0. The second kappa shape index (κ2) is 5.83. The van der Waals surface area contributed by atoms with Gasteiger partial charge in [-0.3, -0.25) is 0 Å². The quantitative estimate of drug-likeness (QED) is 0.881. The van der Waals surface area contributed by atoms with Gasteiger partial charge in [-0.15, -0.1) is 0 Å². The molecule has 1 aromatic carbocycles. The highest BCUT2D eigenvalue weighted by Gasteiger charge is 2.09. The molecule has 1 atom stereocenters. The lowest BCUT2D eigenvalue weighted by atomic mass is 9.99. The first-order valence-corrected chi connectivity index (χ1v) is 6.10. The van der Waals surface area contributed by atoms with E-state index in [1.165, 1.54) is 12.1 Å². The summed E-state index contributed by atoms with van der Waals surface area (Å²) in [5.41, 5.74) is 1.87. The zero-order chi connectivity index (χ0) is 13.0. The minimum absolute atomic E-state index is 0.256. The number of benzene rings is 1. The first-order chi connectivity index (χ1) is 8.65. The van der Waals surface area contributed by atoms with Crippen molar-refractivity contribution in [3.05, 3.63) is 59.3 Å². The molecule has 0 saturated carbocycles. The molecule has 0 spiro atoms. The van der Waals surface area contributed by atoms with Crippen molar-refractivity contribution in [3.63, 3.8) is 0 Å². The fourth-order valence-corrected chi connectivity index (χ4v) is 1.98. The van der Waals surface area contributed by atoms with Crippen molar-refractivity contribution in [2.24, 2.45) is 0 Å². The van der Waals surface area contributed by atoms with Crippen LogP contribution in [0.4, 0.5) is 4.39 Å². The number of aliphatic hydroxyl groups is 1. The highest BCUT2D eigenvalue weighted by molar-refractivity contribution is 5.27. The van der Waals surface area contributed by atoms with Crippen LogP contribution in [-0.2, 0) is 12.8 Å². The van der Waals surface area contributed by atoms with E-state index in [2.05, 4.69) is 0 Å². The summed E-state index contributed by atoms with van der Waals surface area (Å²) in [6.07, 6.45) is 2.94. The molecule has 1 heterocycles. The second-order valence-corrected chi connectivity index (χ2v) is 4.55. The number of furan rings is 1. The van der Waals surface area contributed by atoms with Gasteiger partial charge >= 0.3 is 0 Å². The molecule has 1 aromatic heterocycles. The highest BCUT2D eigenvalue weighted by Crippen LogP contribution is 2.15. The van der Waals surface area contributed by atoms with Crippen molar-refractivity contribution >= 4 is 0 Å². The van der Waals surface area contributed by atoms with Crippen LogP contribution < -0.4 is 0 Å². The molecular formula is C15H17FO2. The standard InChI is InChI=1S/C15H17FO2/c1-11-4-5-13(16)9-12(11)10-14(17)6-7-15-3-2-8-18-15/h2-5,8-9,14,17H,6-7,10H2,1H3. The number of rotatable bonds is 5. The zero-order valence-electron chi connectivity index (χ0n) is 10.4. The number of hydrogen-bond donors (Lipinski definition) is 1. The van der Waals surface area contributed by atoms with Gasteiger partial charge in [-0.1, -0.05) is 6.07 Å². The maximum absolute atomic E-state index is 13.1. The maximum atomic E-state index is 13.1.